The first kappa shape index (κ1) is 15.3. The van der Waals surface area contributed by atoms with Crippen LogP contribution in [0.5, 0.6) is 0 Å². The Balaban J connectivity index is 1.35. The molecule has 0 saturated heterocycles. The van der Waals surface area contributed by atoms with Crippen LogP contribution in [0.1, 0.15) is 11.1 Å². The van der Waals surface area contributed by atoms with Crippen molar-refractivity contribution < 1.29 is 0 Å². The van der Waals surface area contributed by atoms with Crippen molar-refractivity contribution in [3.8, 4) is 0 Å². The molecule has 5 nitrogen and oxygen atoms in total. The van der Waals surface area contributed by atoms with Crippen LogP contribution in [0.3, 0.4) is 0 Å². The summed E-state index contributed by atoms with van der Waals surface area (Å²) in [5.74, 6) is 0.824. The normalized spacial score (nSPS) is 14.1. The van der Waals surface area contributed by atoms with Gasteiger partial charge in [0.1, 0.15) is 5.03 Å². The van der Waals surface area contributed by atoms with Crippen molar-refractivity contribution in [3.63, 3.8) is 0 Å². The summed E-state index contributed by atoms with van der Waals surface area (Å²) >= 11 is 1.65. The van der Waals surface area contributed by atoms with E-state index in [1.54, 1.807) is 24.2 Å². The Kier molecular flexibility index (Phi) is 3.75. The third-order valence-electron chi connectivity index (χ3n) is 4.47. The molecule has 0 bridgehead atoms. The van der Waals surface area contributed by atoms with Gasteiger partial charge < -0.3 is 16.0 Å². The number of hydrogen-bond donors (Lipinski definition) is 3. The quantitative estimate of drug-likeness (QED) is 0.509. The number of rotatable bonds is 3. The molecule has 128 valence electrons. The minimum Gasteiger partial charge on any atom is -0.381 e. The lowest BCUT2D eigenvalue weighted by molar-refractivity contribution is 0.882. The van der Waals surface area contributed by atoms with Gasteiger partial charge in [-0.3, -0.25) is 0 Å². The van der Waals surface area contributed by atoms with E-state index in [0.717, 1.165) is 29.6 Å². The molecule has 3 N–H and O–H groups in total. The lowest BCUT2D eigenvalue weighted by Crippen LogP contribution is -2.18. The molecule has 2 aliphatic rings. The zero-order valence-electron chi connectivity index (χ0n) is 14.0. The molecule has 0 spiro atoms. The smallest absolute Gasteiger partial charge is 0.163 e. The van der Waals surface area contributed by atoms with E-state index in [-0.39, 0.29) is 0 Å². The van der Waals surface area contributed by atoms with Crippen LogP contribution >= 0.6 is 11.8 Å². The van der Waals surface area contributed by atoms with Gasteiger partial charge in [-0.25, -0.2) is 9.97 Å². The van der Waals surface area contributed by atoms with Gasteiger partial charge in [-0.05, 0) is 29.8 Å². The molecule has 2 aliphatic heterocycles. The fourth-order valence-electron chi connectivity index (χ4n) is 3.20. The highest BCUT2D eigenvalue weighted by molar-refractivity contribution is 7.99. The van der Waals surface area contributed by atoms with Gasteiger partial charge in [0.15, 0.2) is 5.82 Å². The lowest BCUT2D eigenvalue weighted by Gasteiger charge is -2.22. The van der Waals surface area contributed by atoms with Crippen molar-refractivity contribution in [1.29, 1.82) is 0 Å². The maximum Gasteiger partial charge on any atom is 0.163 e. The molecule has 26 heavy (non-hydrogen) atoms. The minimum atomic E-state index is 0.771. The number of nitrogens with one attached hydrogen (secondary N) is 3. The number of nitrogens with zero attached hydrogens (tertiary/aromatic N) is 2. The monoisotopic (exact) mass is 359 g/mol. The highest BCUT2D eigenvalue weighted by Gasteiger charge is 2.18. The maximum atomic E-state index is 4.37. The van der Waals surface area contributed by atoms with E-state index in [2.05, 4.69) is 74.5 Å². The van der Waals surface area contributed by atoms with Crippen molar-refractivity contribution in [3.05, 3.63) is 72.1 Å². The molecular weight excluding hydrogens is 342 g/mol. The van der Waals surface area contributed by atoms with E-state index in [1.165, 1.54) is 27.4 Å². The number of benzene rings is 2. The highest BCUT2D eigenvalue weighted by atomic mass is 32.2. The molecule has 6 heteroatoms. The lowest BCUT2D eigenvalue weighted by atomic mass is 10.1. The van der Waals surface area contributed by atoms with Gasteiger partial charge in [0.25, 0.3) is 0 Å². The van der Waals surface area contributed by atoms with E-state index in [4.69, 9.17) is 0 Å². The molecule has 5 rings (SSSR count). The minimum absolute atomic E-state index is 0.771. The molecule has 0 atom stereocenters. The van der Waals surface area contributed by atoms with E-state index in [9.17, 15) is 0 Å². The van der Waals surface area contributed by atoms with Crippen LogP contribution in [0.2, 0.25) is 0 Å². The molecule has 0 radical (unpaired) electrons. The van der Waals surface area contributed by atoms with Crippen LogP contribution in [-0.4, -0.2) is 16.5 Å². The molecular formula is C20H17N5S. The van der Waals surface area contributed by atoms with Crippen LogP contribution in [0.4, 0.5) is 17.2 Å². The summed E-state index contributed by atoms with van der Waals surface area (Å²) in [6.45, 7) is 1.62. The van der Waals surface area contributed by atoms with Crippen molar-refractivity contribution in [1.82, 2.24) is 15.3 Å². The van der Waals surface area contributed by atoms with Gasteiger partial charge in [-0.15, -0.1) is 0 Å². The number of para-hydroxylation sites is 1. The molecule has 0 amide bonds. The fraction of sp³-hybridized carbons (Fsp3) is 0.100. The van der Waals surface area contributed by atoms with Gasteiger partial charge in [0.05, 0.1) is 5.69 Å². The molecule has 0 aliphatic carbocycles. The Hall–Kier alpha value is -2.99. The van der Waals surface area contributed by atoms with E-state index in [0.29, 0.717) is 0 Å². The van der Waals surface area contributed by atoms with Crippen LogP contribution in [0.25, 0.3) is 5.70 Å². The van der Waals surface area contributed by atoms with Gasteiger partial charge in [-0.2, -0.15) is 0 Å². The second kappa shape index (κ2) is 6.38. The molecule has 0 fully saturated rings. The van der Waals surface area contributed by atoms with Gasteiger partial charge >= 0.3 is 0 Å². The zero-order valence-corrected chi connectivity index (χ0v) is 14.8. The number of hydrogen-bond acceptors (Lipinski definition) is 6. The topological polar surface area (TPSA) is 61.9 Å². The highest BCUT2D eigenvalue weighted by Crippen LogP contribution is 2.42. The van der Waals surface area contributed by atoms with Crippen molar-refractivity contribution >= 4 is 34.7 Å². The molecule has 1 aromatic heterocycles. The summed E-state index contributed by atoms with van der Waals surface area (Å²) in [6, 6.07) is 14.9. The SMILES string of the molecule is C1=C(NCc2ccc3c(c2)Nc2nccnc2S3)c2ccccc2NC1. The predicted octanol–water partition coefficient (Wildman–Crippen LogP) is 4.24. The Labute approximate surface area is 156 Å². The van der Waals surface area contributed by atoms with Crippen molar-refractivity contribution in [2.45, 2.75) is 16.5 Å². The Morgan fingerprint density at radius 1 is 1.04 bits per heavy atom. The van der Waals surface area contributed by atoms with Crippen LogP contribution < -0.4 is 16.0 Å². The summed E-state index contributed by atoms with van der Waals surface area (Å²) < 4.78 is 0. The Morgan fingerprint density at radius 3 is 2.96 bits per heavy atom. The fourth-order valence-corrected chi connectivity index (χ4v) is 4.08. The molecule has 0 unspecified atom stereocenters. The Bertz CT molecular complexity index is 1010. The summed E-state index contributed by atoms with van der Waals surface area (Å²) in [5, 5.41) is 11.3. The van der Waals surface area contributed by atoms with Crippen molar-refractivity contribution in [2.24, 2.45) is 0 Å². The predicted molar refractivity (Wildman–Crippen MR) is 106 cm³/mol. The number of fused-ring (bicyclic) bond motifs is 3. The summed E-state index contributed by atoms with van der Waals surface area (Å²) in [5.41, 5.74) is 5.88. The average Bonchev–Trinajstić information content (AvgIpc) is 2.70. The first-order chi connectivity index (χ1) is 12.9. The first-order valence-electron chi connectivity index (χ1n) is 8.53. The van der Waals surface area contributed by atoms with E-state index >= 15 is 0 Å². The third kappa shape index (κ3) is 2.78. The Morgan fingerprint density at radius 2 is 1.96 bits per heavy atom. The summed E-state index contributed by atoms with van der Waals surface area (Å²) in [7, 11) is 0. The summed E-state index contributed by atoms with van der Waals surface area (Å²) in [6.07, 6.45) is 5.63. The molecule has 3 aromatic rings. The second-order valence-electron chi connectivity index (χ2n) is 6.17. The largest absolute Gasteiger partial charge is 0.381 e. The van der Waals surface area contributed by atoms with Gasteiger partial charge in [-0.1, -0.05) is 36.0 Å². The van der Waals surface area contributed by atoms with E-state index in [1.807, 2.05) is 0 Å². The third-order valence-corrected chi connectivity index (χ3v) is 5.54. The molecule has 0 saturated carbocycles. The molecule has 2 aromatic carbocycles. The zero-order chi connectivity index (χ0) is 17.3. The van der Waals surface area contributed by atoms with E-state index < -0.39 is 0 Å². The first-order valence-corrected chi connectivity index (χ1v) is 9.34. The van der Waals surface area contributed by atoms with Gasteiger partial charge in [0.2, 0.25) is 0 Å². The van der Waals surface area contributed by atoms with Crippen molar-refractivity contribution in [2.75, 3.05) is 17.2 Å². The van der Waals surface area contributed by atoms with Crippen LogP contribution in [0.15, 0.2) is 70.9 Å². The maximum absolute atomic E-state index is 4.37. The standard InChI is InChI=1S/C20H17N5S/c1-2-4-15-14(3-1)16(7-8-21-15)24-12-13-5-6-18-17(11-13)25-19-20(26-18)23-10-9-22-19/h1-7,9-11,21,24H,8,12H2,(H,22,25). The summed E-state index contributed by atoms with van der Waals surface area (Å²) in [4.78, 5) is 9.91. The average molecular weight is 359 g/mol. The number of aromatic nitrogens is 2. The van der Waals surface area contributed by atoms with Crippen LogP contribution in [0, 0.1) is 0 Å². The molecule has 3 heterocycles. The van der Waals surface area contributed by atoms with Crippen LogP contribution in [-0.2, 0) is 6.54 Å². The number of anilines is 3. The second-order valence-corrected chi connectivity index (χ2v) is 7.20. The van der Waals surface area contributed by atoms with Gasteiger partial charge in [0, 0.05) is 47.3 Å².